The van der Waals surface area contributed by atoms with Crippen LogP contribution in [0.5, 0.6) is 0 Å². The number of methoxy groups -OCH3 is 1. The number of benzene rings is 1. The van der Waals surface area contributed by atoms with Gasteiger partial charge < -0.3 is 20.4 Å². The topological polar surface area (TPSA) is 112 Å². The Bertz CT molecular complexity index is 871. The van der Waals surface area contributed by atoms with Gasteiger partial charge in [0.2, 0.25) is 5.91 Å². The van der Waals surface area contributed by atoms with Crippen molar-refractivity contribution in [1.29, 1.82) is 5.41 Å². The van der Waals surface area contributed by atoms with E-state index >= 15 is 0 Å². The minimum absolute atomic E-state index is 0.105. The molecule has 0 radical (unpaired) electrons. The lowest BCUT2D eigenvalue weighted by Crippen LogP contribution is -2.49. The highest BCUT2D eigenvalue weighted by atomic mass is 32.2. The average molecular weight is 463 g/mol. The van der Waals surface area contributed by atoms with E-state index in [1.54, 1.807) is 24.3 Å². The van der Waals surface area contributed by atoms with Crippen LogP contribution in [0.15, 0.2) is 34.2 Å². The molecule has 1 heterocycles. The molecule has 8 nitrogen and oxygen atoms in total. The summed E-state index contributed by atoms with van der Waals surface area (Å²) in [5.74, 6) is -0.894. The number of esters is 1. The van der Waals surface area contributed by atoms with E-state index in [0.717, 1.165) is 24.2 Å². The van der Waals surface area contributed by atoms with Crippen LogP contribution in [0.25, 0.3) is 0 Å². The number of carbonyl (C=O) groups excluding carboxylic acids is 3. The highest BCUT2D eigenvalue weighted by Gasteiger charge is 2.45. The lowest BCUT2D eigenvalue weighted by Gasteiger charge is -2.39. The molecule has 1 aromatic carbocycles. The Kier molecular flexibility index (Phi) is 8.14. The Labute approximate surface area is 190 Å². The molecule has 31 heavy (non-hydrogen) atoms. The first kappa shape index (κ1) is 23.3. The van der Waals surface area contributed by atoms with Crippen molar-refractivity contribution in [3.63, 3.8) is 0 Å². The largest absolute Gasteiger partial charge is 0.469 e. The Morgan fingerprint density at radius 1 is 1.32 bits per heavy atom. The summed E-state index contributed by atoms with van der Waals surface area (Å²) in [6.45, 7) is 2.19. The highest BCUT2D eigenvalue weighted by molar-refractivity contribution is 8.15. The number of rotatable bonds is 8. The molecule has 1 saturated heterocycles. The van der Waals surface area contributed by atoms with E-state index in [4.69, 9.17) is 5.41 Å². The monoisotopic (exact) mass is 462 g/mol. The Balaban J connectivity index is 1.72. The van der Waals surface area contributed by atoms with Gasteiger partial charge in [-0.3, -0.25) is 14.4 Å². The molecular formula is C21H26N4O4S2. The van der Waals surface area contributed by atoms with E-state index in [1.165, 1.54) is 36.2 Å². The van der Waals surface area contributed by atoms with Gasteiger partial charge in [-0.25, -0.2) is 0 Å². The van der Waals surface area contributed by atoms with Gasteiger partial charge in [-0.2, -0.15) is 4.99 Å². The number of thioether (sulfide) groups is 2. The van der Waals surface area contributed by atoms with Crippen molar-refractivity contribution in [3.8, 4) is 0 Å². The number of nitrogens with zero attached hydrogens (tertiary/aromatic N) is 2. The number of amides is 2. The number of amidine groups is 1. The van der Waals surface area contributed by atoms with Gasteiger partial charge in [0.05, 0.1) is 19.1 Å². The third kappa shape index (κ3) is 5.68. The maximum Gasteiger partial charge on any atom is 0.307 e. The van der Waals surface area contributed by atoms with Gasteiger partial charge in [-0.1, -0.05) is 23.5 Å². The fraction of sp³-hybridized carbons (Fsp3) is 0.476. The second kappa shape index (κ2) is 10.8. The summed E-state index contributed by atoms with van der Waals surface area (Å²) in [7, 11) is 1.32. The first-order valence-electron chi connectivity index (χ1n) is 10.1. The van der Waals surface area contributed by atoms with Gasteiger partial charge in [-0.05, 0) is 50.5 Å². The number of carbonyl (C=O) groups is 3. The number of hydrogen-bond acceptors (Lipinski definition) is 7. The summed E-state index contributed by atoms with van der Waals surface area (Å²) >= 11 is 2.57. The first-order chi connectivity index (χ1) is 14.9. The Hall–Kier alpha value is -2.33. The zero-order valence-electron chi connectivity index (χ0n) is 17.5. The van der Waals surface area contributed by atoms with Gasteiger partial charge in [0.25, 0.3) is 5.91 Å². The molecule has 3 rings (SSSR count). The van der Waals surface area contributed by atoms with Gasteiger partial charge in [0.15, 0.2) is 5.17 Å². The van der Waals surface area contributed by atoms with Crippen molar-refractivity contribution in [2.24, 2.45) is 4.99 Å². The molecule has 0 spiro atoms. The number of ether oxygens (including phenoxy) is 1. The van der Waals surface area contributed by atoms with E-state index in [2.05, 4.69) is 19.9 Å². The summed E-state index contributed by atoms with van der Waals surface area (Å²) in [4.78, 5) is 44.1. The van der Waals surface area contributed by atoms with Crippen LogP contribution in [0.3, 0.4) is 0 Å². The number of hydrogen-bond donors (Lipinski definition) is 2. The van der Waals surface area contributed by atoms with Gasteiger partial charge in [0, 0.05) is 29.1 Å². The molecule has 0 aromatic heterocycles. The smallest absolute Gasteiger partial charge is 0.307 e. The van der Waals surface area contributed by atoms with Crippen molar-refractivity contribution in [1.82, 2.24) is 10.2 Å². The normalized spacial score (nSPS) is 22.1. The second-order valence-electron chi connectivity index (χ2n) is 7.35. The van der Waals surface area contributed by atoms with Crippen molar-refractivity contribution in [2.45, 2.75) is 54.8 Å². The molecule has 2 N–H and O–H groups in total. The fourth-order valence-corrected chi connectivity index (χ4v) is 5.24. The summed E-state index contributed by atoms with van der Waals surface area (Å²) in [5, 5.41) is 10.1. The van der Waals surface area contributed by atoms with Crippen LogP contribution in [-0.2, 0) is 14.3 Å². The van der Waals surface area contributed by atoms with Gasteiger partial charge >= 0.3 is 5.97 Å². The molecule has 1 aromatic rings. The summed E-state index contributed by atoms with van der Waals surface area (Å²) in [6, 6.07) is 7.15. The molecule has 166 valence electrons. The summed E-state index contributed by atoms with van der Waals surface area (Å²) < 4.78 is 4.60. The summed E-state index contributed by atoms with van der Waals surface area (Å²) in [5.41, 5.74) is 1.70. The molecule has 10 heteroatoms. The molecule has 2 fully saturated rings. The lowest BCUT2D eigenvalue weighted by atomic mass is 9.90. The SMILES string of the molecule is COC(=O)CCNC(=O)C1SC(=NC(=O)c2ccc(SC=N)cc2)N(C2CCC2)C1C. The van der Waals surface area contributed by atoms with Crippen molar-refractivity contribution < 1.29 is 19.1 Å². The minimum atomic E-state index is -0.406. The number of aliphatic imine (C=N–C) groups is 1. The standard InChI is InChI=1S/C21H26N4O4S2/c1-13-18(20(28)23-11-10-17(26)29-2)31-21(25(13)15-4-3-5-15)24-19(27)14-6-8-16(9-7-14)30-12-22/h6-9,12-13,15,18,22H,3-5,10-11H2,1-2H3,(H,23,28). The Morgan fingerprint density at radius 3 is 2.61 bits per heavy atom. The van der Waals surface area contributed by atoms with E-state index in [1.807, 2.05) is 6.92 Å². The molecule has 0 bridgehead atoms. The minimum Gasteiger partial charge on any atom is -0.469 e. The highest BCUT2D eigenvalue weighted by Crippen LogP contribution is 2.39. The zero-order valence-corrected chi connectivity index (χ0v) is 19.1. The molecule has 2 amide bonds. The molecule has 1 aliphatic heterocycles. The fourth-order valence-electron chi connectivity index (χ4n) is 3.49. The van der Waals surface area contributed by atoms with E-state index < -0.39 is 5.25 Å². The van der Waals surface area contributed by atoms with Gasteiger partial charge in [0.1, 0.15) is 5.25 Å². The van der Waals surface area contributed by atoms with Crippen LogP contribution in [0.1, 0.15) is 43.0 Å². The average Bonchev–Trinajstić information content (AvgIpc) is 3.03. The third-order valence-electron chi connectivity index (χ3n) is 5.41. The molecule has 2 unspecified atom stereocenters. The van der Waals surface area contributed by atoms with Crippen molar-refractivity contribution in [2.75, 3.05) is 13.7 Å². The van der Waals surface area contributed by atoms with Crippen molar-refractivity contribution >= 4 is 52.0 Å². The quantitative estimate of drug-likeness (QED) is 0.264. The maximum atomic E-state index is 12.8. The van der Waals surface area contributed by atoms with E-state index in [-0.39, 0.29) is 42.8 Å². The van der Waals surface area contributed by atoms with Crippen LogP contribution in [-0.4, -0.2) is 64.4 Å². The van der Waals surface area contributed by atoms with Crippen LogP contribution in [0.2, 0.25) is 0 Å². The van der Waals surface area contributed by atoms with Crippen LogP contribution in [0, 0.1) is 5.41 Å². The summed E-state index contributed by atoms with van der Waals surface area (Å²) in [6.07, 6.45) is 3.28. The molecule has 1 aliphatic carbocycles. The molecular weight excluding hydrogens is 436 g/mol. The molecule has 2 aliphatic rings. The van der Waals surface area contributed by atoms with Crippen molar-refractivity contribution in [3.05, 3.63) is 29.8 Å². The maximum absolute atomic E-state index is 12.8. The lowest BCUT2D eigenvalue weighted by molar-refractivity contribution is -0.140. The first-order valence-corrected chi connectivity index (χ1v) is 11.9. The van der Waals surface area contributed by atoms with Crippen LogP contribution in [0.4, 0.5) is 0 Å². The second-order valence-corrected chi connectivity index (χ2v) is 9.40. The van der Waals surface area contributed by atoms with Crippen LogP contribution < -0.4 is 5.32 Å². The predicted octanol–water partition coefficient (Wildman–Crippen LogP) is 2.92. The Morgan fingerprint density at radius 2 is 2.03 bits per heavy atom. The molecule has 2 atom stereocenters. The van der Waals surface area contributed by atoms with E-state index in [0.29, 0.717) is 10.7 Å². The zero-order chi connectivity index (χ0) is 22.4. The molecule has 1 saturated carbocycles. The van der Waals surface area contributed by atoms with Crippen LogP contribution >= 0.6 is 23.5 Å². The van der Waals surface area contributed by atoms with Gasteiger partial charge in [-0.15, -0.1) is 0 Å². The number of nitrogens with one attached hydrogen (secondary N) is 2. The predicted molar refractivity (Wildman–Crippen MR) is 123 cm³/mol. The third-order valence-corrected chi connectivity index (χ3v) is 7.44. The van der Waals surface area contributed by atoms with E-state index in [9.17, 15) is 14.4 Å².